The largest absolute Gasteiger partial charge is 0.244 e. The van der Waals surface area contributed by atoms with Crippen LogP contribution in [0.15, 0.2) is 5.03 Å². The van der Waals surface area contributed by atoms with E-state index in [9.17, 15) is 0 Å². The van der Waals surface area contributed by atoms with Crippen molar-refractivity contribution in [1.82, 2.24) is 15.2 Å². The summed E-state index contributed by atoms with van der Waals surface area (Å²) in [6.07, 6.45) is 0. The van der Waals surface area contributed by atoms with Crippen LogP contribution in [0.3, 0.4) is 0 Å². The maximum absolute atomic E-state index is 5.66. The Kier molecular flexibility index (Phi) is 3.36. The number of nitrogens with zero attached hydrogens (tertiary/aromatic N) is 3. The van der Waals surface area contributed by atoms with Gasteiger partial charge >= 0.3 is 0 Å². The number of aromatic nitrogens is 3. The normalized spacial score (nSPS) is 10.1. The summed E-state index contributed by atoms with van der Waals surface area (Å²) in [5.41, 5.74) is 0. The minimum absolute atomic E-state index is 0.130. The molecule has 0 amide bonds. The summed E-state index contributed by atoms with van der Waals surface area (Å²) >= 11 is 12.6. The van der Waals surface area contributed by atoms with Crippen LogP contribution in [0.2, 0.25) is 10.4 Å². The number of hydrogen-bond acceptors (Lipinski definition) is 4. The lowest BCUT2D eigenvalue weighted by molar-refractivity contribution is 0.905. The van der Waals surface area contributed by atoms with E-state index in [1.165, 1.54) is 11.8 Å². The summed E-state index contributed by atoms with van der Waals surface area (Å²) in [5.74, 6) is 0.884. The Morgan fingerprint density at radius 3 is 2.73 bits per heavy atom. The van der Waals surface area contributed by atoms with Crippen LogP contribution < -0.4 is 0 Å². The molecule has 1 heterocycles. The van der Waals surface area contributed by atoms with Crippen molar-refractivity contribution >= 4 is 35.0 Å². The Morgan fingerprint density at radius 2 is 2.09 bits per heavy atom. The van der Waals surface area contributed by atoms with Gasteiger partial charge in [-0.1, -0.05) is 18.5 Å². The number of hydrogen-bond donors (Lipinski definition) is 0. The van der Waals surface area contributed by atoms with E-state index < -0.39 is 0 Å². The van der Waals surface area contributed by atoms with E-state index in [0.717, 1.165) is 5.75 Å². The lowest BCUT2D eigenvalue weighted by Crippen LogP contribution is -1.91. The fourth-order valence-electron chi connectivity index (χ4n) is 0.509. The van der Waals surface area contributed by atoms with E-state index in [1.807, 2.05) is 6.92 Å². The lowest BCUT2D eigenvalue weighted by atomic mass is 10.9. The molecule has 0 aromatic carbocycles. The van der Waals surface area contributed by atoms with E-state index in [2.05, 4.69) is 15.2 Å². The molecule has 0 spiro atoms. The molecule has 0 unspecified atom stereocenters. The molecule has 3 nitrogen and oxygen atoms in total. The lowest BCUT2D eigenvalue weighted by Gasteiger charge is -1.97. The first-order valence-corrected chi connectivity index (χ1v) is 4.66. The molecular formula is C5H5Cl2N3S. The average Bonchev–Trinajstić information content (AvgIpc) is 1.98. The molecule has 60 valence electrons. The maximum Gasteiger partial charge on any atom is 0.244 e. The van der Waals surface area contributed by atoms with Crippen LogP contribution in [0, 0.1) is 0 Å². The highest BCUT2D eigenvalue weighted by Gasteiger charge is 2.04. The van der Waals surface area contributed by atoms with Crippen molar-refractivity contribution in [1.29, 1.82) is 0 Å². The number of halogens is 2. The molecular weight excluding hydrogens is 205 g/mol. The number of rotatable bonds is 2. The van der Waals surface area contributed by atoms with Gasteiger partial charge in [0.25, 0.3) is 0 Å². The number of thioether (sulfide) groups is 1. The molecule has 0 aliphatic rings. The zero-order chi connectivity index (χ0) is 8.27. The van der Waals surface area contributed by atoms with E-state index in [-0.39, 0.29) is 5.28 Å². The highest BCUT2D eigenvalue weighted by molar-refractivity contribution is 7.99. The van der Waals surface area contributed by atoms with Gasteiger partial charge in [-0.3, -0.25) is 0 Å². The van der Waals surface area contributed by atoms with Crippen molar-refractivity contribution in [2.45, 2.75) is 11.9 Å². The molecule has 0 atom stereocenters. The van der Waals surface area contributed by atoms with Gasteiger partial charge in [0.15, 0.2) is 5.15 Å². The second-order valence-electron chi connectivity index (χ2n) is 1.61. The van der Waals surface area contributed by atoms with Crippen molar-refractivity contribution in [2.24, 2.45) is 0 Å². The Hall–Kier alpha value is -0.0600. The monoisotopic (exact) mass is 209 g/mol. The third-order valence-corrected chi connectivity index (χ3v) is 2.25. The molecule has 1 rings (SSSR count). The van der Waals surface area contributed by atoms with Crippen LogP contribution in [0.4, 0.5) is 0 Å². The van der Waals surface area contributed by atoms with Crippen LogP contribution in [-0.2, 0) is 0 Å². The van der Waals surface area contributed by atoms with Crippen LogP contribution >= 0.6 is 35.0 Å². The van der Waals surface area contributed by atoms with Gasteiger partial charge in [-0.05, 0) is 17.4 Å². The highest BCUT2D eigenvalue weighted by atomic mass is 35.5. The molecule has 0 bridgehead atoms. The Morgan fingerprint density at radius 1 is 1.36 bits per heavy atom. The van der Waals surface area contributed by atoms with E-state index >= 15 is 0 Å². The topological polar surface area (TPSA) is 38.7 Å². The molecule has 0 radical (unpaired) electrons. The zero-order valence-corrected chi connectivity index (χ0v) is 8.04. The Balaban J connectivity index is 2.93. The van der Waals surface area contributed by atoms with Crippen LogP contribution in [0.25, 0.3) is 0 Å². The zero-order valence-electron chi connectivity index (χ0n) is 5.71. The average molecular weight is 210 g/mol. The Labute approximate surface area is 78.5 Å². The molecule has 0 aliphatic carbocycles. The molecule has 0 fully saturated rings. The van der Waals surface area contributed by atoms with Gasteiger partial charge in [0.2, 0.25) is 5.28 Å². The van der Waals surface area contributed by atoms with Crippen molar-refractivity contribution in [3.63, 3.8) is 0 Å². The minimum Gasteiger partial charge on any atom is -0.207 e. The third-order valence-electron chi connectivity index (χ3n) is 0.872. The van der Waals surface area contributed by atoms with E-state index in [4.69, 9.17) is 23.2 Å². The maximum atomic E-state index is 5.66. The summed E-state index contributed by atoms with van der Waals surface area (Å²) in [5, 5.41) is 8.15. The first kappa shape index (κ1) is 9.03. The first-order chi connectivity index (χ1) is 5.24. The standard InChI is InChI=1S/C5H5Cl2N3S/c1-2-11-4-3(6)9-10-5(7)8-4/h2H2,1H3. The van der Waals surface area contributed by atoms with Crippen molar-refractivity contribution < 1.29 is 0 Å². The quantitative estimate of drug-likeness (QED) is 0.702. The second-order valence-corrected chi connectivity index (χ2v) is 3.56. The van der Waals surface area contributed by atoms with Crippen molar-refractivity contribution in [2.75, 3.05) is 5.75 Å². The van der Waals surface area contributed by atoms with Gasteiger partial charge in [0.1, 0.15) is 5.03 Å². The SMILES string of the molecule is CCSc1nc(Cl)nnc1Cl. The summed E-state index contributed by atoms with van der Waals surface area (Å²) in [6, 6.07) is 0. The van der Waals surface area contributed by atoms with Crippen molar-refractivity contribution in [3.05, 3.63) is 10.4 Å². The Bertz CT molecular complexity index is 255. The molecule has 11 heavy (non-hydrogen) atoms. The van der Waals surface area contributed by atoms with Crippen LogP contribution in [0.1, 0.15) is 6.92 Å². The predicted octanol–water partition coefficient (Wildman–Crippen LogP) is 2.29. The third kappa shape index (κ3) is 2.47. The second kappa shape index (κ2) is 4.09. The summed E-state index contributed by atoms with van der Waals surface area (Å²) in [6.45, 7) is 2.00. The van der Waals surface area contributed by atoms with Gasteiger partial charge in [-0.25, -0.2) is 4.98 Å². The molecule has 0 saturated carbocycles. The molecule has 1 aromatic rings. The van der Waals surface area contributed by atoms with Gasteiger partial charge in [0.05, 0.1) is 0 Å². The van der Waals surface area contributed by atoms with E-state index in [0.29, 0.717) is 10.2 Å². The molecule has 0 saturated heterocycles. The van der Waals surface area contributed by atoms with Gasteiger partial charge in [-0.2, -0.15) is 0 Å². The van der Waals surface area contributed by atoms with Gasteiger partial charge < -0.3 is 0 Å². The fraction of sp³-hybridized carbons (Fsp3) is 0.400. The molecule has 6 heteroatoms. The van der Waals surface area contributed by atoms with Gasteiger partial charge in [-0.15, -0.1) is 22.0 Å². The predicted molar refractivity (Wildman–Crippen MR) is 46.2 cm³/mol. The molecule has 1 aromatic heterocycles. The molecule has 0 aliphatic heterocycles. The fourth-order valence-corrected chi connectivity index (χ4v) is 1.51. The van der Waals surface area contributed by atoms with Crippen molar-refractivity contribution in [3.8, 4) is 0 Å². The first-order valence-electron chi connectivity index (χ1n) is 2.92. The summed E-state index contributed by atoms with van der Waals surface area (Å²) < 4.78 is 0. The highest BCUT2D eigenvalue weighted by Crippen LogP contribution is 2.22. The molecule has 0 N–H and O–H groups in total. The summed E-state index contributed by atoms with van der Waals surface area (Å²) in [4.78, 5) is 3.89. The van der Waals surface area contributed by atoms with Crippen LogP contribution in [0.5, 0.6) is 0 Å². The smallest absolute Gasteiger partial charge is 0.207 e. The van der Waals surface area contributed by atoms with Crippen LogP contribution in [-0.4, -0.2) is 20.9 Å². The van der Waals surface area contributed by atoms with Gasteiger partial charge in [0, 0.05) is 0 Å². The minimum atomic E-state index is 0.130. The summed E-state index contributed by atoms with van der Waals surface area (Å²) in [7, 11) is 0. The van der Waals surface area contributed by atoms with E-state index in [1.54, 1.807) is 0 Å².